The highest BCUT2D eigenvalue weighted by atomic mass is 35.5. The summed E-state index contributed by atoms with van der Waals surface area (Å²) >= 11 is 5.78. The van der Waals surface area contributed by atoms with Crippen molar-refractivity contribution in [3.8, 4) is 0 Å². The van der Waals surface area contributed by atoms with Crippen LogP contribution in [0.2, 0.25) is 5.02 Å². The van der Waals surface area contributed by atoms with Crippen LogP contribution in [0.3, 0.4) is 0 Å². The summed E-state index contributed by atoms with van der Waals surface area (Å²) < 4.78 is 0. The molecule has 1 aliphatic rings. The van der Waals surface area contributed by atoms with Gasteiger partial charge in [0.15, 0.2) is 0 Å². The lowest BCUT2D eigenvalue weighted by Crippen LogP contribution is -2.43. The first-order valence-corrected chi connectivity index (χ1v) is 8.32. The molecule has 1 atom stereocenters. The first-order valence-electron chi connectivity index (χ1n) is 7.95. The zero-order valence-corrected chi connectivity index (χ0v) is 14.1. The van der Waals surface area contributed by atoms with Gasteiger partial charge < -0.3 is 15.5 Å². The van der Waals surface area contributed by atoms with Gasteiger partial charge in [-0.2, -0.15) is 0 Å². The molecule has 126 valence electrons. The van der Waals surface area contributed by atoms with E-state index in [1.807, 2.05) is 7.05 Å². The van der Waals surface area contributed by atoms with Gasteiger partial charge in [-0.05, 0) is 45.0 Å². The van der Waals surface area contributed by atoms with Crippen LogP contribution in [0.25, 0.3) is 0 Å². The summed E-state index contributed by atoms with van der Waals surface area (Å²) in [5.41, 5.74) is 0. The highest BCUT2D eigenvalue weighted by molar-refractivity contribution is 6.30. The number of halogens is 1. The average Bonchev–Trinajstić information content (AvgIpc) is 2.57. The maximum absolute atomic E-state index is 12.3. The number of hydrogen-bond acceptors (Lipinski definition) is 4. The molecule has 2 heterocycles. The Kier molecular flexibility index (Phi) is 6.80. The number of likely N-dealkylation sites (tertiary alicyclic amines) is 1. The lowest BCUT2D eigenvalue weighted by atomic mass is 9.96. The molecular weight excluding hydrogens is 316 g/mol. The molecule has 6 nitrogen and oxygen atoms in total. The van der Waals surface area contributed by atoms with Gasteiger partial charge >= 0.3 is 0 Å². The zero-order chi connectivity index (χ0) is 16.7. The normalized spacial score (nSPS) is 17.8. The Balaban J connectivity index is 1.85. The molecule has 0 radical (unpaired) electrons. The van der Waals surface area contributed by atoms with Crippen LogP contribution in [0.15, 0.2) is 18.3 Å². The van der Waals surface area contributed by atoms with E-state index in [0.29, 0.717) is 23.8 Å². The molecule has 2 rings (SSSR count). The monoisotopic (exact) mass is 338 g/mol. The van der Waals surface area contributed by atoms with Gasteiger partial charge in [-0.3, -0.25) is 9.59 Å². The summed E-state index contributed by atoms with van der Waals surface area (Å²) in [6.07, 6.45) is 4.48. The lowest BCUT2D eigenvalue weighted by Gasteiger charge is -2.32. The van der Waals surface area contributed by atoms with Crippen LogP contribution in [0.5, 0.6) is 0 Å². The molecule has 2 N–H and O–H groups in total. The fourth-order valence-corrected chi connectivity index (χ4v) is 2.78. The van der Waals surface area contributed by atoms with Crippen molar-refractivity contribution < 1.29 is 9.59 Å². The summed E-state index contributed by atoms with van der Waals surface area (Å²) in [6, 6.07) is 3.35. The summed E-state index contributed by atoms with van der Waals surface area (Å²) in [5.74, 6) is 0.335. The lowest BCUT2D eigenvalue weighted by molar-refractivity contribution is -0.134. The molecule has 1 saturated heterocycles. The van der Waals surface area contributed by atoms with Gasteiger partial charge in [0.25, 0.3) is 0 Å². The van der Waals surface area contributed by atoms with E-state index in [0.717, 1.165) is 32.4 Å². The Morgan fingerprint density at radius 3 is 2.96 bits per heavy atom. The third kappa shape index (κ3) is 5.48. The summed E-state index contributed by atoms with van der Waals surface area (Å²) in [4.78, 5) is 30.4. The van der Waals surface area contributed by atoms with Gasteiger partial charge in [-0.1, -0.05) is 11.6 Å². The van der Waals surface area contributed by atoms with Crippen molar-refractivity contribution in [2.24, 2.45) is 5.92 Å². The van der Waals surface area contributed by atoms with Crippen molar-refractivity contribution >= 4 is 29.2 Å². The zero-order valence-electron chi connectivity index (χ0n) is 13.3. The SMILES string of the molecule is CNCCCC(=O)N1CCCC(C(=O)Nc2ccc(Cl)cn2)C1. The number of hydrogen-bond donors (Lipinski definition) is 2. The molecule has 1 aromatic heterocycles. The standard InChI is InChI=1S/C16H23ClN4O2/c1-18-8-2-5-15(22)21-9-3-4-12(11-21)16(23)20-14-7-6-13(17)10-19-14/h6-7,10,12,18H,2-5,8-9,11H2,1H3,(H,19,20,23). The molecule has 1 aromatic rings. The molecule has 0 spiro atoms. The molecular formula is C16H23ClN4O2. The number of nitrogens with zero attached hydrogens (tertiary/aromatic N) is 2. The molecule has 1 aliphatic heterocycles. The van der Waals surface area contributed by atoms with Crippen LogP contribution in [0.1, 0.15) is 25.7 Å². The minimum absolute atomic E-state index is 0.0902. The highest BCUT2D eigenvalue weighted by Gasteiger charge is 2.28. The summed E-state index contributed by atoms with van der Waals surface area (Å²) in [5, 5.41) is 6.35. The van der Waals surface area contributed by atoms with E-state index in [1.54, 1.807) is 17.0 Å². The summed E-state index contributed by atoms with van der Waals surface area (Å²) in [7, 11) is 1.87. The van der Waals surface area contributed by atoms with Crippen molar-refractivity contribution in [3.05, 3.63) is 23.4 Å². The van der Waals surface area contributed by atoms with Crippen LogP contribution in [0.4, 0.5) is 5.82 Å². The Morgan fingerprint density at radius 1 is 1.43 bits per heavy atom. The van der Waals surface area contributed by atoms with E-state index >= 15 is 0 Å². The Hall–Kier alpha value is -1.66. The average molecular weight is 339 g/mol. The van der Waals surface area contributed by atoms with E-state index in [2.05, 4.69) is 15.6 Å². The Labute approximate surface area is 141 Å². The van der Waals surface area contributed by atoms with Crippen LogP contribution in [-0.2, 0) is 9.59 Å². The number of nitrogens with one attached hydrogen (secondary N) is 2. The number of anilines is 1. The Morgan fingerprint density at radius 2 is 2.26 bits per heavy atom. The molecule has 23 heavy (non-hydrogen) atoms. The largest absolute Gasteiger partial charge is 0.342 e. The van der Waals surface area contributed by atoms with Gasteiger partial charge in [0.2, 0.25) is 11.8 Å². The number of rotatable bonds is 6. The second-order valence-electron chi connectivity index (χ2n) is 5.74. The van der Waals surface area contributed by atoms with E-state index in [1.165, 1.54) is 6.20 Å². The molecule has 2 amide bonds. The number of aromatic nitrogens is 1. The number of carbonyl (C=O) groups is 2. The Bertz CT molecular complexity index is 535. The summed E-state index contributed by atoms with van der Waals surface area (Å²) in [6.45, 7) is 2.05. The molecule has 0 bridgehead atoms. The second-order valence-corrected chi connectivity index (χ2v) is 6.17. The minimum Gasteiger partial charge on any atom is -0.342 e. The van der Waals surface area contributed by atoms with Crippen molar-refractivity contribution in [1.82, 2.24) is 15.2 Å². The van der Waals surface area contributed by atoms with Crippen molar-refractivity contribution in [2.45, 2.75) is 25.7 Å². The number of carbonyl (C=O) groups excluding carboxylic acids is 2. The van der Waals surface area contributed by atoms with Crippen LogP contribution < -0.4 is 10.6 Å². The van der Waals surface area contributed by atoms with Crippen LogP contribution in [-0.4, -0.2) is 48.4 Å². The number of piperidine rings is 1. The van der Waals surface area contributed by atoms with Gasteiger partial charge in [0.1, 0.15) is 5.82 Å². The molecule has 0 saturated carbocycles. The number of pyridine rings is 1. The highest BCUT2D eigenvalue weighted by Crippen LogP contribution is 2.19. The van der Waals surface area contributed by atoms with E-state index < -0.39 is 0 Å². The van der Waals surface area contributed by atoms with Gasteiger partial charge in [-0.25, -0.2) is 4.98 Å². The molecule has 7 heteroatoms. The maximum atomic E-state index is 12.3. The van der Waals surface area contributed by atoms with Crippen molar-refractivity contribution in [2.75, 3.05) is 32.0 Å². The van der Waals surface area contributed by atoms with Crippen LogP contribution >= 0.6 is 11.6 Å². The first-order chi connectivity index (χ1) is 11.1. The first kappa shape index (κ1) is 17.7. The van der Waals surface area contributed by atoms with E-state index in [4.69, 9.17) is 11.6 Å². The fraction of sp³-hybridized carbons (Fsp3) is 0.562. The molecule has 1 unspecified atom stereocenters. The number of amides is 2. The van der Waals surface area contributed by atoms with E-state index in [-0.39, 0.29) is 17.7 Å². The molecule has 1 fully saturated rings. The van der Waals surface area contributed by atoms with Gasteiger partial charge in [-0.15, -0.1) is 0 Å². The third-order valence-electron chi connectivity index (χ3n) is 3.94. The molecule has 0 aromatic carbocycles. The maximum Gasteiger partial charge on any atom is 0.230 e. The van der Waals surface area contributed by atoms with Crippen molar-refractivity contribution in [1.29, 1.82) is 0 Å². The van der Waals surface area contributed by atoms with Crippen molar-refractivity contribution in [3.63, 3.8) is 0 Å². The topological polar surface area (TPSA) is 74.3 Å². The second kappa shape index (κ2) is 8.84. The van der Waals surface area contributed by atoms with E-state index in [9.17, 15) is 9.59 Å². The quantitative estimate of drug-likeness (QED) is 0.777. The smallest absolute Gasteiger partial charge is 0.230 e. The minimum atomic E-state index is -0.186. The predicted octanol–water partition coefficient (Wildman–Crippen LogP) is 1.91. The third-order valence-corrected chi connectivity index (χ3v) is 4.16. The predicted molar refractivity (Wildman–Crippen MR) is 90.3 cm³/mol. The van der Waals surface area contributed by atoms with Gasteiger partial charge in [0.05, 0.1) is 10.9 Å². The fourth-order valence-electron chi connectivity index (χ4n) is 2.67. The van der Waals surface area contributed by atoms with Gasteiger partial charge in [0, 0.05) is 25.7 Å². The molecule has 0 aliphatic carbocycles. The van der Waals surface area contributed by atoms with Crippen LogP contribution in [0, 0.1) is 5.92 Å².